The molecule has 0 aliphatic carbocycles. The Labute approximate surface area is 213 Å². The van der Waals surface area contributed by atoms with E-state index in [1.165, 1.54) is 5.56 Å². The largest absolute Gasteiger partial charge is 0.513 e. The van der Waals surface area contributed by atoms with E-state index in [9.17, 15) is 14.4 Å². The molecule has 2 aromatic carbocycles. The molecule has 2 aromatic rings. The summed E-state index contributed by atoms with van der Waals surface area (Å²) >= 11 is 0. The molecule has 0 N–H and O–H groups in total. The second kappa shape index (κ2) is 12.4. The van der Waals surface area contributed by atoms with Crippen LogP contribution in [-0.2, 0) is 14.9 Å². The van der Waals surface area contributed by atoms with Crippen molar-refractivity contribution in [2.24, 2.45) is 0 Å². The predicted octanol–water partition coefficient (Wildman–Crippen LogP) is 4.66. The van der Waals surface area contributed by atoms with E-state index >= 15 is 0 Å². The average molecular weight is 497 g/mol. The Hall–Kier alpha value is -3.55. The van der Waals surface area contributed by atoms with E-state index in [1.54, 1.807) is 41.0 Å². The van der Waals surface area contributed by atoms with Gasteiger partial charge in [0.1, 0.15) is 11.5 Å². The second-order valence-corrected chi connectivity index (χ2v) is 9.71. The molecule has 0 atom stereocenters. The number of nitrogens with zero attached hydrogens (tertiary/aromatic N) is 2. The van der Waals surface area contributed by atoms with Crippen molar-refractivity contribution in [1.82, 2.24) is 9.80 Å². The van der Waals surface area contributed by atoms with Crippen LogP contribution in [0.5, 0.6) is 11.5 Å². The summed E-state index contributed by atoms with van der Waals surface area (Å²) in [6.07, 6.45) is 0.272. The maximum absolute atomic E-state index is 12.8. The fraction of sp³-hybridized carbons (Fsp3) is 0.464. The first-order valence-electron chi connectivity index (χ1n) is 12.4. The van der Waals surface area contributed by atoms with E-state index in [-0.39, 0.29) is 23.8 Å². The Bertz CT molecular complexity index is 1020. The van der Waals surface area contributed by atoms with Crippen molar-refractivity contribution in [3.63, 3.8) is 0 Å². The first kappa shape index (κ1) is 27.0. The SMILES string of the molecule is CCOC(=O)Oc1ccc(C(=O)N2CCN(C(=O)CCCOc3ccc(C(C)(C)C)cc3)CC2)cc1. The van der Waals surface area contributed by atoms with Crippen LogP contribution in [0.3, 0.4) is 0 Å². The number of carbonyl (C=O) groups excluding carboxylic acids is 3. The third kappa shape index (κ3) is 7.73. The molecule has 3 rings (SSSR count). The molecule has 2 amide bonds. The quantitative estimate of drug-likeness (QED) is 0.300. The minimum absolute atomic E-state index is 0.0780. The zero-order valence-electron chi connectivity index (χ0n) is 21.6. The molecule has 194 valence electrons. The molecular formula is C28H36N2O6. The number of benzene rings is 2. The lowest BCUT2D eigenvalue weighted by Gasteiger charge is -2.35. The molecule has 8 heteroatoms. The summed E-state index contributed by atoms with van der Waals surface area (Å²) in [5, 5.41) is 0. The van der Waals surface area contributed by atoms with Gasteiger partial charge in [-0.25, -0.2) is 4.79 Å². The van der Waals surface area contributed by atoms with Crippen LogP contribution in [0.1, 0.15) is 56.5 Å². The first-order valence-corrected chi connectivity index (χ1v) is 12.4. The topological polar surface area (TPSA) is 85.4 Å². The van der Waals surface area contributed by atoms with Crippen molar-refractivity contribution in [2.45, 2.75) is 46.0 Å². The van der Waals surface area contributed by atoms with Crippen molar-refractivity contribution < 1.29 is 28.6 Å². The van der Waals surface area contributed by atoms with Crippen molar-refractivity contribution in [2.75, 3.05) is 39.4 Å². The molecule has 0 aromatic heterocycles. The molecule has 1 heterocycles. The summed E-state index contributed by atoms with van der Waals surface area (Å²) in [6, 6.07) is 14.4. The molecule has 36 heavy (non-hydrogen) atoms. The minimum atomic E-state index is -0.779. The Balaban J connectivity index is 1.37. The zero-order valence-corrected chi connectivity index (χ0v) is 21.6. The van der Waals surface area contributed by atoms with Crippen LogP contribution in [0.2, 0.25) is 0 Å². The molecule has 0 bridgehead atoms. The van der Waals surface area contributed by atoms with Crippen LogP contribution in [0.15, 0.2) is 48.5 Å². The lowest BCUT2D eigenvalue weighted by molar-refractivity contribution is -0.132. The molecule has 0 unspecified atom stereocenters. The summed E-state index contributed by atoms with van der Waals surface area (Å²) in [5.74, 6) is 1.08. The second-order valence-electron chi connectivity index (χ2n) is 9.71. The molecule has 1 aliphatic heterocycles. The third-order valence-corrected chi connectivity index (χ3v) is 6.01. The highest BCUT2D eigenvalue weighted by atomic mass is 16.7. The van der Waals surface area contributed by atoms with Crippen LogP contribution < -0.4 is 9.47 Å². The molecule has 0 spiro atoms. The molecule has 8 nitrogen and oxygen atoms in total. The number of hydrogen-bond donors (Lipinski definition) is 0. The maximum atomic E-state index is 12.8. The fourth-order valence-electron chi connectivity index (χ4n) is 3.87. The molecule has 0 radical (unpaired) electrons. The van der Waals surface area contributed by atoms with Gasteiger partial charge >= 0.3 is 6.16 Å². The number of hydrogen-bond acceptors (Lipinski definition) is 6. The standard InChI is InChI=1S/C28H36N2O6/c1-5-34-27(33)36-24-12-8-21(9-13-24)26(32)30-18-16-29(17-19-30)25(31)7-6-20-35-23-14-10-22(11-15-23)28(2,3)4/h8-15H,5-7,16-20H2,1-4H3. The van der Waals surface area contributed by atoms with Crippen molar-refractivity contribution in [3.05, 3.63) is 59.7 Å². The summed E-state index contributed by atoms with van der Waals surface area (Å²) in [7, 11) is 0. The van der Waals surface area contributed by atoms with E-state index < -0.39 is 6.16 Å². The van der Waals surface area contributed by atoms with E-state index in [4.69, 9.17) is 14.2 Å². The van der Waals surface area contributed by atoms with Gasteiger partial charge in [-0.3, -0.25) is 9.59 Å². The Morgan fingerprint density at radius 1 is 0.833 bits per heavy atom. The summed E-state index contributed by atoms with van der Waals surface area (Å²) in [6.45, 7) is 10.9. The fourth-order valence-corrected chi connectivity index (χ4v) is 3.87. The van der Waals surface area contributed by atoms with E-state index in [2.05, 4.69) is 32.9 Å². The van der Waals surface area contributed by atoms with Crippen molar-refractivity contribution >= 4 is 18.0 Å². The number of rotatable bonds is 8. The Morgan fingerprint density at radius 3 is 2.00 bits per heavy atom. The molecule has 0 saturated carbocycles. The normalized spacial score (nSPS) is 13.8. The van der Waals surface area contributed by atoms with Gasteiger partial charge in [0, 0.05) is 38.2 Å². The van der Waals surface area contributed by atoms with Crippen LogP contribution in [0, 0.1) is 0 Å². The average Bonchev–Trinajstić information content (AvgIpc) is 2.86. The van der Waals surface area contributed by atoms with Gasteiger partial charge in [-0.05, 0) is 60.7 Å². The van der Waals surface area contributed by atoms with Gasteiger partial charge in [-0.2, -0.15) is 0 Å². The van der Waals surface area contributed by atoms with Crippen LogP contribution in [-0.4, -0.2) is 67.2 Å². The Morgan fingerprint density at radius 2 is 1.42 bits per heavy atom. The smallest absolute Gasteiger partial charge is 0.494 e. The lowest BCUT2D eigenvalue weighted by atomic mass is 9.87. The van der Waals surface area contributed by atoms with E-state index in [0.29, 0.717) is 56.9 Å². The zero-order chi connectivity index (χ0) is 26.1. The summed E-state index contributed by atoms with van der Waals surface area (Å²) in [5.41, 5.74) is 1.85. The molecule has 1 saturated heterocycles. The number of ether oxygens (including phenoxy) is 3. The molecule has 1 fully saturated rings. The van der Waals surface area contributed by atoms with Gasteiger partial charge in [0.25, 0.3) is 5.91 Å². The number of amides is 2. The first-order chi connectivity index (χ1) is 17.2. The number of carbonyl (C=O) groups is 3. The van der Waals surface area contributed by atoms with Crippen LogP contribution >= 0.6 is 0 Å². The van der Waals surface area contributed by atoms with Crippen LogP contribution in [0.25, 0.3) is 0 Å². The van der Waals surface area contributed by atoms with Gasteiger partial charge < -0.3 is 24.0 Å². The lowest BCUT2D eigenvalue weighted by Crippen LogP contribution is -2.50. The number of piperazine rings is 1. The Kier molecular flexibility index (Phi) is 9.33. The monoisotopic (exact) mass is 496 g/mol. The maximum Gasteiger partial charge on any atom is 0.513 e. The van der Waals surface area contributed by atoms with Gasteiger partial charge in [0.05, 0.1) is 13.2 Å². The highest BCUT2D eigenvalue weighted by molar-refractivity contribution is 5.94. The van der Waals surface area contributed by atoms with E-state index in [0.717, 1.165) is 5.75 Å². The van der Waals surface area contributed by atoms with Gasteiger partial charge in [-0.15, -0.1) is 0 Å². The summed E-state index contributed by atoms with van der Waals surface area (Å²) < 4.78 is 15.5. The third-order valence-electron chi connectivity index (χ3n) is 6.01. The van der Waals surface area contributed by atoms with Gasteiger partial charge in [0.2, 0.25) is 5.91 Å². The molecule has 1 aliphatic rings. The highest BCUT2D eigenvalue weighted by Gasteiger charge is 2.24. The molecular weight excluding hydrogens is 460 g/mol. The van der Waals surface area contributed by atoms with Gasteiger partial charge in [0.15, 0.2) is 0 Å². The van der Waals surface area contributed by atoms with Crippen LogP contribution in [0.4, 0.5) is 4.79 Å². The van der Waals surface area contributed by atoms with Crippen molar-refractivity contribution in [1.29, 1.82) is 0 Å². The summed E-state index contributed by atoms with van der Waals surface area (Å²) in [4.78, 5) is 40.3. The minimum Gasteiger partial charge on any atom is -0.494 e. The van der Waals surface area contributed by atoms with E-state index in [1.807, 2.05) is 12.1 Å². The van der Waals surface area contributed by atoms with Crippen molar-refractivity contribution in [3.8, 4) is 11.5 Å². The van der Waals surface area contributed by atoms with Gasteiger partial charge in [-0.1, -0.05) is 32.9 Å². The highest BCUT2D eigenvalue weighted by Crippen LogP contribution is 2.24. The predicted molar refractivity (Wildman–Crippen MR) is 136 cm³/mol.